The minimum Gasteiger partial charge on any atom is -0.353 e. The minimum atomic E-state index is -3.59. The van der Waals surface area contributed by atoms with Gasteiger partial charge in [-0.25, -0.2) is 13.1 Å². The van der Waals surface area contributed by atoms with Crippen molar-refractivity contribution in [2.24, 2.45) is 11.8 Å². The Morgan fingerprint density at radius 2 is 1.77 bits per heavy atom. The number of piperidine rings is 1. The average molecular weight is 433 g/mol. The van der Waals surface area contributed by atoms with Gasteiger partial charge in [-0.15, -0.1) is 5.10 Å². The lowest BCUT2D eigenvalue weighted by Gasteiger charge is -2.34. The lowest BCUT2D eigenvalue weighted by atomic mass is 9.85. The van der Waals surface area contributed by atoms with Crippen molar-refractivity contribution in [3.8, 4) is 5.69 Å². The monoisotopic (exact) mass is 432 g/mol. The van der Waals surface area contributed by atoms with Crippen molar-refractivity contribution in [1.29, 1.82) is 0 Å². The maximum absolute atomic E-state index is 13.0. The lowest BCUT2D eigenvalue weighted by molar-refractivity contribution is -0.127. The summed E-state index contributed by atoms with van der Waals surface area (Å²) in [6, 6.07) is 6.74. The van der Waals surface area contributed by atoms with E-state index in [1.807, 2.05) is 0 Å². The topological polar surface area (TPSA) is 110 Å². The van der Waals surface area contributed by atoms with E-state index in [4.69, 9.17) is 0 Å². The van der Waals surface area contributed by atoms with Crippen LogP contribution in [-0.4, -0.2) is 58.0 Å². The fraction of sp³-hybridized carbons (Fsp3) is 0.600. The molecule has 2 aromatic rings. The summed E-state index contributed by atoms with van der Waals surface area (Å²) in [5.74, 6) is 0.476. The molecule has 1 aliphatic carbocycles. The zero-order valence-corrected chi connectivity index (χ0v) is 18.0. The first kappa shape index (κ1) is 20.9. The number of aromatic nitrogens is 4. The second kappa shape index (κ2) is 8.81. The Balaban J connectivity index is 1.35. The molecule has 1 N–H and O–H groups in total. The molecule has 1 saturated heterocycles. The van der Waals surface area contributed by atoms with Crippen LogP contribution in [0.25, 0.3) is 5.69 Å². The molecular formula is C20H28N6O3S. The Kier molecular flexibility index (Phi) is 6.14. The van der Waals surface area contributed by atoms with Gasteiger partial charge in [-0.1, -0.05) is 19.8 Å². The molecule has 9 nitrogen and oxygen atoms in total. The largest absolute Gasteiger partial charge is 0.353 e. The van der Waals surface area contributed by atoms with Crippen molar-refractivity contribution in [1.82, 2.24) is 29.8 Å². The van der Waals surface area contributed by atoms with Crippen molar-refractivity contribution in [3.63, 3.8) is 0 Å². The van der Waals surface area contributed by atoms with E-state index in [0.29, 0.717) is 37.5 Å². The first-order valence-corrected chi connectivity index (χ1v) is 12.0. The van der Waals surface area contributed by atoms with E-state index in [2.05, 4.69) is 27.8 Å². The molecule has 10 heteroatoms. The molecule has 1 amide bonds. The molecule has 0 unspecified atom stereocenters. The Morgan fingerprint density at radius 3 is 2.40 bits per heavy atom. The Hall–Kier alpha value is -2.33. The summed E-state index contributed by atoms with van der Waals surface area (Å²) in [6.07, 6.45) is 7.16. The first-order chi connectivity index (χ1) is 14.4. The van der Waals surface area contributed by atoms with E-state index in [-0.39, 0.29) is 22.8 Å². The number of rotatable bonds is 5. The van der Waals surface area contributed by atoms with Crippen LogP contribution < -0.4 is 5.32 Å². The molecule has 0 bridgehead atoms. The van der Waals surface area contributed by atoms with E-state index < -0.39 is 10.0 Å². The summed E-state index contributed by atoms with van der Waals surface area (Å²) in [7, 11) is -3.59. The summed E-state index contributed by atoms with van der Waals surface area (Å²) in [5.41, 5.74) is 0.686. The number of nitrogens with zero attached hydrogens (tertiary/aromatic N) is 5. The van der Waals surface area contributed by atoms with Gasteiger partial charge in [-0.05, 0) is 66.3 Å². The third-order valence-electron chi connectivity index (χ3n) is 6.35. The van der Waals surface area contributed by atoms with E-state index >= 15 is 0 Å². The summed E-state index contributed by atoms with van der Waals surface area (Å²) in [4.78, 5) is 12.9. The molecular weight excluding hydrogens is 404 g/mol. The Morgan fingerprint density at radius 1 is 1.07 bits per heavy atom. The molecule has 4 rings (SSSR count). The van der Waals surface area contributed by atoms with Crippen LogP contribution in [0.2, 0.25) is 0 Å². The number of carbonyl (C=O) groups is 1. The highest BCUT2D eigenvalue weighted by molar-refractivity contribution is 7.89. The molecule has 2 atom stereocenters. The van der Waals surface area contributed by atoms with Crippen LogP contribution in [0.1, 0.15) is 45.4 Å². The van der Waals surface area contributed by atoms with Gasteiger partial charge in [0.1, 0.15) is 6.33 Å². The zero-order chi connectivity index (χ0) is 21.1. The zero-order valence-electron chi connectivity index (χ0n) is 17.1. The minimum absolute atomic E-state index is 0.0802. The molecule has 1 saturated carbocycles. The number of hydrogen-bond donors (Lipinski definition) is 1. The quantitative estimate of drug-likeness (QED) is 0.771. The lowest BCUT2D eigenvalue weighted by Crippen LogP contribution is -2.47. The average Bonchev–Trinajstić information content (AvgIpc) is 3.30. The molecule has 1 aromatic carbocycles. The van der Waals surface area contributed by atoms with Crippen LogP contribution in [-0.2, 0) is 14.8 Å². The number of amides is 1. The molecule has 2 fully saturated rings. The third-order valence-corrected chi connectivity index (χ3v) is 8.26. The van der Waals surface area contributed by atoms with Gasteiger partial charge >= 0.3 is 0 Å². The van der Waals surface area contributed by atoms with Crippen LogP contribution in [0.3, 0.4) is 0 Å². The van der Waals surface area contributed by atoms with Gasteiger partial charge in [-0.2, -0.15) is 4.31 Å². The second-order valence-corrected chi connectivity index (χ2v) is 10.2. The fourth-order valence-electron chi connectivity index (χ4n) is 4.39. The fourth-order valence-corrected chi connectivity index (χ4v) is 5.86. The van der Waals surface area contributed by atoms with Crippen LogP contribution in [0.15, 0.2) is 35.5 Å². The Bertz CT molecular complexity index is 953. The number of hydrogen-bond acceptors (Lipinski definition) is 6. The predicted octanol–water partition coefficient (Wildman–Crippen LogP) is 1.76. The Labute approximate surface area is 176 Å². The van der Waals surface area contributed by atoms with Crippen LogP contribution in [0.5, 0.6) is 0 Å². The first-order valence-electron chi connectivity index (χ1n) is 10.6. The molecule has 0 radical (unpaired) electrons. The highest BCUT2D eigenvalue weighted by Crippen LogP contribution is 2.27. The number of nitrogens with one attached hydrogen (secondary N) is 1. The predicted molar refractivity (Wildman–Crippen MR) is 110 cm³/mol. The van der Waals surface area contributed by atoms with Crippen molar-refractivity contribution in [2.45, 2.75) is 56.4 Å². The summed E-state index contributed by atoms with van der Waals surface area (Å²) in [5, 5.41) is 14.2. The van der Waals surface area contributed by atoms with Crippen LogP contribution >= 0.6 is 0 Å². The van der Waals surface area contributed by atoms with Gasteiger partial charge in [0, 0.05) is 25.0 Å². The molecule has 0 spiro atoms. The molecule has 2 aliphatic rings. The molecule has 1 aromatic heterocycles. The molecule has 162 valence electrons. The smallest absolute Gasteiger partial charge is 0.243 e. The van der Waals surface area contributed by atoms with Gasteiger partial charge in [-0.3, -0.25) is 4.79 Å². The summed E-state index contributed by atoms with van der Waals surface area (Å²) >= 11 is 0. The van der Waals surface area contributed by atoms with E-state index in [0.717, 1.165) is 19.3 Å². The van der Waals surface area contributed by atoms with Crippen molar-refractivity contribution < 1.29 is 13.2 Å². The van der Waals surface area contributed by atoms with E-state index in [1.165, 1.54) is 21.7 Å². The van der Waals surface area contributed by atoms with Crippen molar-refractivity contribution in [3.05, 3.63) is 30.6 Å². The number of benzene rings is 1. The number of sulfonamides is 1. The highest BCUT2D eigenvalue weighted by atomic mass is 32.2. The van der Waals surface area contributed by atoms with Gasteiger partial charge < -0.3 is 5.32 Å². The van der Waals surface area contributed by atoms with Crippen LogP contribution in [0, 0.1) is 11.8 Å². The van der Waals surface area contributed by atoms with Crippen molar-refractivity contribution >= 4 is 15.9 Å². The van der Waals surface area contributed by atoms with Gasteiger partial charge in [0.05, 0.1) is 10.6 Å². The van der Waals surface area contributed by atoms with Gasteiger partial charge in [0.25, 0.3) is 0 Å². The molecule has 2 heterocycles. The SMILES string of the molecule is C[C@@H]1CCCC[C@@H]1NC(=O)C1CCN(S(=O)(=O)c2ccc(-n3cnnn3)cc2)CC1. The van der Waals surface area contributed by atoms with E-state index in [1.54, 1.807) is 24.3 Å². The van der Waals surface area contributed by atoms with E-state index in [9.17, 15) is 13.2 Å². The summed E-state index contributed by atoms with van der Waals surface area (Å²) in [6.45, 7) is 2.91. The van der Waals surface area contributed by atoms with Gasteiger partial charge in [0.15, 0.2) is 0 Å². The normalized spacial score (nSPS) is 23.9. The number of tetrazole rings is 1. The standard InChI is InChI=1S/C20H28N6O3S/c1-15-4-2-3-5-19(15)22-20(27)16-10-12-25(13-11-16)30(28,29)18-8-6-17(7-9-18)26-14-21-23-24-26/h6-9,14-16,19H,2-5,10-13H2,1H3,(H,22,27)/t15-,19+/m1/s1. The highest BCUT2D eigenvalue weighted by Gasteiger charge is 2.33. The number of carbonyl (C=O) groups excluding carboxylic acids is 1. The molecule has 30 heavy (non-hydrogen) atoms. The molecule has 1 aliphatic heterocycles. The maximum Gasteiger partial charge on any atom is 0.243 e. The second-order valence-electron chi connectivity index (χ2n) is 8.30. The third kappa shape index (κ3) is 4.39. The van der Waals surface area contributed by atoms with Crippen molar-refractivity contribution in [2.75, 3.05) is 13.1 Å². The maximum atomic E-state index is 13.0. The summed E-state index contributed by atoms with van der Waals surface area (Å²) < 4.78 is 28.9. The van der Waals surface area contributed by atoms with Gasteiger partial charge in [0.2, 0.25) is 15.9 Å². The van der Waals surface area contributed by atoms with Crippen LogP contribution in [0.4, 0.5) is 0 Å².